The lowest BCUT2D eigenvalue weighted by atomic mass is 10.1. The fourth-order valence-corrected chi connectivity index (χ4v) is 3.28. The van der Waals surface area contributed by atoms with Crippen LogP contribution in [-0.4, -0.2) is 75.8 Å². The van der Waals surface area contributed by atoms with Crippen molar-refractivity contribution < 1.29 is 9.47 Å². The van der Waals surface area contributed by atoms with Crippen molar-refractivity contribution >= 4 is 5.96 Å². The zero-order valence-corrected chi connectivity index (χ0v) is 17.2. The number of ether oxygens (including phenoxy) is 2. The average molecular weight is 378 g/mol. The Kier molecular flexibility index (Phi) is 8.67. The average Bonchev–Trinajstić information content (AvgIpc) is 2.71. The van der Waals surface area contributed by atoms with Crippen molar-refractivity contribution in [1.82, 2.24) is 15.1 Å². The number of guanidine groups is 1. The van der Waals surface area contributed by atoms with Crippen molar-refractivity contribution in [2.75, 3.05) is 60.0 Å². The van der Waals surface area contributed by atoms with E-state index in [-0.39, 0.29) is 0 Å². The molecule has 1 aliphatic heterocycles. The SMILES string of the molecule is CCN1CCN(CC(C)CNC(N)=NCc2ccc(OC)c(OC)c2)CC1. The van der Waals surface area contributed by atoms with Gasteiger partial charge in [0.15, 0.2) is 17.5 Å². The largest absolute Gasteiger partial charge is 0.493 e. The summed E-state index contributed by atoms with van der Waals surface area (Å²) in [4.78, 5) is 9.47. The number of likely N-dealkylation sites (N-methyl/N-ethyl adjacent to an activating group) is 1. The molecule has 0 saturated carbocycles. The Morgan fingerprint density at radius 1 is 1.15 bits per heavy atom. The number of rotatable bonds is 9. The van der Waals surface area contributed by atoms with Gasteiger partial charge in [-0.05, 0) is 30.2 Å². The first-order valence-corrected chi connectivity index (χ1v) is 9.75. The number of nitrogens with zero attached hydrogens (tertiary/aromatic N) is 3. The van der Waals surface area contributed by atoms with Crippen molar-refractivity contribution in [3.8, 4) is 11.5 Å². The number of aliphatic imine (C=N–C) groups is 1. The van der Waals surface area contributed by atoms with E-state index in [4.69, 9.17) is 15.2 Å². The highest BCUT2D eigenvalue weighted by Crippen LogP contribution is 2.27. The maximum atomic E-state index is 6.03. The van der Waals surface area contributed by atoms with Gasteiger partial charge in [0.05, 0.1) is 20.8 Å². The van der Waals surface area contributed by atoms with Crippen LogP contribution in [0.3, 0.4) is 0 Å². The molecular formula is C20H35N5O2. The number of hydrogen-bond acceptors (Lipinski definition) is 5. The van der Waals surface area contributed by atoms with Gasteiger partial charge in [-0.1, -0.05) is 19.9 Å². The van der Waals surface area contributed by atoms with E-state index in [1.165, 1.54) is 13.1 Å². The number of methoxy groups -OCH3 is 2. The van der Waals surface area contributed by atoms with Crippen LogP contribution >= 0.6 is 0 Å². The van der Waals surface area contributed by atoms with Gasteiger partial charge >= 0.3 is 0 Å². The molecule has 1 atom stereocenters. The van der Waals surface area contributed by atoms with Crippen molar-refractivity contribution in [1.29, 1.82) is 0 Å². The van der Waals surface area contributed by atoms with Gasteiger partial charge in [0.25, 0.3) is 0 Å². The Labute approximate surface area is 163 Å². The Morgan fingerprint density at radius 2 is 1.81 bits per heavy atom. The number of nitrogens with one attached hydrogen (secondary N) is 1. The fourth-order valence-electron chi connectivity index (χ4n) is 3.28. The number of nitrogens with two attached hydrogens (primary N) is 1. The van der Waals surface area contributed by atoms with E-state index < -0.39 is 0 Å². The highest BCUT2D eigenvalue weighted by molar-refractivity contribution is 5.77. The number of hydrogen-bond donors (Lipinski definition) is 2. The molecule has 1 aromatic carbocycles. The van der Waals surface area contributed by atoms with Crippen LogP contribution in [0.4, 0.5) is 0 Å². The Hall–Kier alpha value is -1.99. The molecule has 7 nitrogen and oxygen atoms in total. The normalized spacial score (nSPS) is 17.6. The second-order valence-electron chi connectivity index (χ2n) is 7.11. The summed E-state index contributed by atoms with van der Waals surface area (Å²) in [5.41, 5.74) is 7.06. The second-order valence-corrected chi connectivity index (χ2v) is 7.11. The summed E-state index contributed by atoms with van der Waals surface area (Å²) in [5.74, 6) is 2.42. The lowest BCUT2D eigenvalue weighted by Crippen LogP contribution is -2.48. The van der Waals surface area contributed by atoms with Gasteiger partial charge in [0, 0.05) is 39.3 Å². The summed E-state index contributed by atoms with van der Waals surface area (Å²) >= 11 is 0. The molecule has 1 unspecified atom stereocenters. The molecule has 0 spiro atoms. The molecule has 27 heavy (non-hydrogen) atoms. The standard InChI is InChI=1S/C20H35N5O2/c1-5-24-8-10-25(11-9-24)15-16(2)13-22-20(21)23-14-17-6-7-18(26-3)19(12-17)27-4/h6-7,12,16H,5,8-11,13-15H2,1-4H3,(H3,21,22,23). The van der Waals surface area contributed by atoms with Crippen LogP contribution in [0.15, 0.2) is 23.2 Å². The number of piperazine rings is 1. The molecule has 7 heteroatoms. The van der Waals surface area contributed by atoms with Crippen LogP contribution < -0.4 is 20.5 Å². The summed E-state index contributed by atoms with van der Waals surface area (Å²) in [6, 6.07) is 5.78. The Morgan fingerprint density at radius 3 is 2.44 bits per heavy atom. The highest BCUT2D eigenvalue weighted by atomic mass is 16.5. The third-order valence-corrected chi connectivity index (χ3v) is 4.99. The molecule has 1 heterocycles. The summed E-state index contributed by atoms with van der Waals surface area (Å²) in [5, 5.41) is 3.25. The van der Waals surface area contributed by atoms with E-state index in [1.807, 2.05) is 18.2 Å². The van der Waals surface area contributed by atoms with Gasteiger partial charge in [-0.15, -0.1) is 0 Å². The van der Waals surface area contributed by atoms with Crippen molar-refractivity contribution in [3.63, 3.8) is 0 Å². The van der Waals surface area contributed by atoms with Gasteiger partial charge in [0.2, 0.25) is 0 Å². The summed E-state index contributed by atoms with van der Waals surface area (Å²) in [6.07, 6.45) is 0. The topological polar surface area (TPSA) is 75.4 Å². The van der Waals surface area contributed by atoms with E-state index in [9.17, 15) is 0 Å². The first-order valence-electron chi connectivity index (χ1n) is 9.75. The van der Waals surface area contributed by atoms with Crippen molar-refractivity contribution in [2.45, 2.75) is 20.4 Å². The second kappa shape index (κ2) is 11.0. The zero-order valence-electron chi connectivity index (χ0n) is 17.2. The number of benzene rings is 1. The monoisotopic (exact) mass is 377 g/mol. The van der Waals surface area contributed by atoms with Gasteiger partial charge in [0.1, 0.15) is 0 Å². The smallest absolute Gasteiger partial charge is 0.188 e. The van der Waals surface area contributed by atoms with E-state index in [2.05, 4.69) is 34.0 Å². The highest BCUT2D eigenvalue weighted by Gasteiger charge is 2.17. The quantitative estimate of drug-likeness (QED) is 0.500. The maximum Gasteiger partial charge on any atom is 0.188 e. The molecule has 1 aliphatic rings. The molecule has 1 saturated heterocycles. The van der Waals surface area contributed by atoms with Crippen LogP contribution in [0.5, 0.6) is 11.5 Å². The molecule has 0 aromatic heterocycles. The maximum absolute atomic E-state index is 6.03. The van der Waals surface area contributed by atoms with Crippen LogP contribution in [0, 0.1) is 5.92 Å². The van der Waals surface area contributed by atoms with Crippen LogP contribution in [-0.2, 0) is 6.54 Å². The molecular weight excluding hydrogens is 342 g/mol. The predicted molar refractivity (Wildman–Crippen MR) is 111 cm³/mol. The minimum absolute atomic E-state index is 0.479. The molecule has 0 radical (unpaired) electrons. The Bertz CT molecular complexity index is 600. The molecule has 0 bridgehead atoms. The first-order chi connectivity index (χ1) is 13.0. The minimum atomic E-state index is 0.479. The molecule has 0 amide bonds. The third kappa shape index (κ3) is 6.92. The van der Waals surface area contributed by atoms with E-state index in [0.29, 0.717) is 29.9 Å². The summed E-state index contributed by atoms with van der Waals surface area (Å²) in [7, 11) is 3.26. The van der Waals surface area contributed by atoms with Gasteiger partial charge < -0.3 is 30.3 Å². The van der Waals surface area contributed by atoms with Crippen LogP contribution in [0.1, 0.15) is 19.4 Å². The molecule has 0 aliphatic carbocycles. The lowest BCUT2D eigenvalue weighted by molar-refractivity contribution is 0.124. The van der Waals surface area contributed by atoms with Gasteiger partial charge in [-0.2, -0.15) is 0 Å². The molecule has 1 aromatic rings. The molecule has 1 fully saturated rings. The third-order valence-electron chi connectivity index (χ3n) is 4.99. The summed E-state index contributed by atoms with van der Waals surface area (Å²) in [6.45, 7) is 12.7. The van der Waals surface area contributed by atoms with E-state index in [0.717, 1.165) is 38.3 Å². The minimum Gasteiger partial charge on any atom is -0.493 e. The first kappa shape index (κ1) is 21.3. The lowest BCUT2D eigenvalue weighted by Gasteiger charge is -2.35. The van der Waals surface area contributed by atoms with E-state index >= 15 is 0 Å². The van der Waals surface area contributed by atoms with Crippen LogP contribution in [0.25, 0.3) is 0 Å². The molecule has 2 rings (SSSR count). The summed E-state index contributed by atoms with van der Waals surface area (Å²) < 4.78 is 10.6. The van der Waals surface area contributed by atoms with Crippen molar-refractivity contribution in [3.05, 3.63) is 23.8 Å². The zero-order chi connectivity index (χ0) is 19.6. The molecule has 3 N–H and O–H groups in total. The molecule has 152 valence electrons. The fraction of sp³-hybridized carbons (Fsp3) is 0.650. The predicted octanol–water partition coefficient (Wildman–Crippen LogP) is 1.38. The van der Waals surface area contributed by atoms with Crippen LogP contribution in [0.2, 0.25) is 0 Å². The van der Waals surface area contributed by atoms with Gasteiger partial charge in [-0.25, -0.2) is 4.99 Å². The van der Waals surface area contributed by atoms with Crippen molar-refractivity contribution in [2.24, 2.45) is 16.6 Å². The Balaban J connectivity index is 1.74. The van der Waals surface area contributed by atoms with E-state index in [1.54, 1.807) is 14.2 Å². The van der Waals surface area contributed by atoms with Gasteiger partial charge in [-0.3, -0.25) is 0 Å².